The molecule has 1 N–H and O–H groups in total. The van der Waals surface area contributed by atoms with Crippen molar-refractivity contribution in [2.75, 3.05) is 5.32 Å². The summed E-state index contributed by atoms with van der Waals surface area (Å²) in [6.45, 7) is 0. The number of nitrogens with zero attached hydrogens (tertiary/aromatic N) is 4. The van der Waals surface area contributed by atoms with E-state index in [1.54, 1.807) is 18.3 Å². The summed E-state index contributed by atoms with van der Waals surface area (Å²) in [4.78, 5) is 17.4. The number of hydrogen-bond donors (Lipinski definition) is 1. The quantitative estimate of drug-likeness (QED) is 0.214. The van der Waals surface area contributed by atoms with Gasteiger partial charge in [0.05, 0.1) is 12.4 Å². The Labute approximate surface area is 243 Å². The number of carbonyl (C=O) groups excluding carboxylic acids is 1. The summed E-state index contributed by atoms with van der Waals surface area (Å²) in [6.07, 6.45) is 7.64. The van der Waals surface area contributed by atoms with Crippen molar-refractivity contribution in [2.24, 2.45) is 0 Å². The van der Waals surface area contributed by atoms with E-state index >= 15 is 0 Å². The normalized spacial score (nSPS) is 11.4. The molecule has 7 aromatic rings. The Morgan fingerprint density at radius 2 is 1.14 bits per heavy atom. The molecule has 1 amide bonds. The Bertz CT molecular complexity index is 1870. The zero-order chi connectivity index (χ0) is 28.4. The first-order chi connectivity index (χ1) is 20.7. The minimum absolute atomic E-state index is 0.186. The van der Waals surface area contributed by atoms with Crippen molar-refractivity contribution in [3.05, 3.63) is 181 Å². The largest absolute Gasteiger partial charge is 0.306 e. The number of nitrogens with one attached hydrogen (secondary N) is 1. The molecular weight excluding hydrogens is 518 g/mol. The molecule has 0 aliphatic rings. The molecule has 6 heteroatoms. The van der Waals surface area contributed by atoms with Gasteiger partial charge in [-0.3, -0.25) is 13.9 Å². The Morgan fingerprint density at radius 1 is 0.595 bits per heavy atom. The molecule has 202 valence electrons. The highest BCUT2D eigenvalue weighted by atomic mass is 16.1. The van der Waals surface area contributed by atoms with Crippen molar-refractivity contribution in [1.82, 2.24) is 19.2 Å². The maximum atomic E-state index is 12.9. The summed E-state index contributed by atoms with van der Waals surface area (Å²) in [5.41, 5.74) is 5.83. The number of fused-ring (bicyclic) bond motifs is 1. The fourth-order valence-corrected chi connectivity index (χ4v) is 5.61. The van der Waals surface area contributed by atoms with E-state index < -0.39 is 5.54 Å². The third-order valence-corrected chi connectivity index (χ3v) is 7.62. The van der Waals surface area contributed by atoms with Gasteiger partial charge >= 0.3 is 0 Å². The average Bonchev–Trinajstić information content (AvgIpc) is 3.71. The summed E-state index contributed by atoms with van der Waals surface area (Å²) in [7, 11) is 0. The molecule has 0 spiro atoms. The zero-order valence-corrected chi connectivity index (χ0v) is 22.7. The molecule has 3 aromatic heterocycles. The number of imidazole rings is 1. The van der Waals surface area contributed by atoms with Gasteiger partial charge in [-0.2, -0.15) is 5.10 Å². The highest BCUT2D eigenvalue weighted by molar-refractivity contribution is 6.03. The predicted octanol–water partition coefficient (Wildman–Crippen LogP) is 7.29. The van der Waals surface area contributed by atoms with Crippen LogP contribution in [-0.4, -0.2) is 25.1 Å². The van der Waals surface area contributed by atoms with Gasteiger partial charge in [-0.15, -0.1) is 0 Å². The molecule has 3 heterocycles. The third kappa shape index (κ3) is 4.35. The zero-order valence-electron chi connectivity index (χ0n) is 22.7. The lowest BCUT2D eigenvalue weighted by molar-refractivity contribution is 0.102. The second-order valence-electron chi connectivity index (χ2n) is 10.1. The van der Waals surface area contributed by atoms with Gasteiger partial charge in [0.1, 0.15) is 17.0 Å². The second-order valence-corrected chi connectivity index (χ2v) is 10.1. The van der Waals surface area contributed by atoms with Gasteiger partial charge in [-0.25, -0.2) is 4.98 Å². The average molecular weight is 546 g/mol. The van der Waals surface area contributed by atoms with Crippen LogP contribution < -0.4 is 5.32 Å². The van der Waals surface area contributed by atoms with Crippen LogP contribution in [0.4, 0.5) is 5.82 Å². The van der Waals surface area contributed by atoms with Crippen LogP contribution in [0.25, 0.3) is 16.8 Å². The minimum atomic E-state index is -0.698. The lowest BCUT2D eigenvalue weighted by Gasteiger charge is -2.36. The van der Waals surface area contributed by atoms with Gasteiger partial charge in [0, 0.05) is 29.1 Å². The van der Waals surface area contributed by atoms with Crippen LogP contribution >= 0.6 is 0 Å². The van der Waals surface area contributed by atoms with Gasteiger partial charge < -0.3 is 5.32 Å². The summed E-state index contributed by atoms with van der Waals surface area (Å²) in [5.74, 6) is 0.411. The van der Waals surface area contributed by atoms with E-state index in [1.165, 1.54) is 0 Å². The van der Waals surface area contributed by atoms with Crippen molar-refractivity contribution >= 4 is 17.4 Å². The number of carbonyl (C=O) groups is 1. The van der Waals surface area contributed by atoms with Crippen LogP contribution in [0.3, 0.4) is 0 Å². The maximum Gasteiger partial charge on any atom is 0.256 e. The monoisotopic (exact) mass is 545 g/mol. The molecule has 0 aliphatic carbocycles. The van der Waals surface area contributed by atoms with Gasteiger partial charge in [0.2, 0.25) is 0 Å². The van der Waals surface area contributed by atoms with E-state index in [1.807, 2.05) is 65.3 Å². The summed E-state index contributed by atoms with van der Waals surface area (Å²) in [6, 6.07) is 44.6. The van der Waals surface area contributed by atoms with E-state index in [4.69, 9.17) is 5.10 Å². The molecule has 0 aliphatic heterocycles. The number of aromatic nitrogens is 4. The predicted molar refractivity (Wildman–Crippen MR) is 165 cm³/mol. The number of pyridine rings is 1. The first-order valence-corrected chi connectivity index (χ1v) is 13.8. The molecule has 0 bridgehead atoms. The van der Waals surface area contributed by atoms with Gasteiger partial charge in [-0.05, 0) is 41.0 Å². The molecule has 0 unspecified atom stereocenters. The number of hydrogen-bond acceptors (Lipinski definition) is 3. The molecule has 0 radical (unpaired) electrons. The van der Waals surface area contributed by atoms with E-state index in [0.717, 1.165) is 33.5 Å². The Hall–Kier alpha value is -5.75. The number of benzene rings is 4. The number of amides is 1. The number of rotatable bonds is 7. The van der Waals surface area contributed by atoms with E-state index in [2.05, 4.69) is 94.0 Å². The lowest BCUT2D eigenvalue weighted by Crippen LogP contribution is -2.38. The third-order valence-electron chi connectivity index (χ3n) is 7.62. The highest BCUT2D eigenvalue weighted by Gasteiger charge is 2.39. The van der Waals surface area contributed by atoms with Crippen LogP contribution in [-0.2, 0) is 5.54 Å². The van der Waals surface area contributed by atoms with Crippen molar-refractivity contribution in [2.45, 2.75) is 5.54 Å². The minimum Gasteiger partial charge on any atom is -0.306 e. The van der Waals surface area contributed by atoms with Crippen molar-refractivity contribution in [3.63, 3.8) is 0 Å². The molecule has 6 nitrogen and oxygen atoms in total. The van der Waals surface area contributed by atoms with Crippen LogP contribution in [0.2, 0.25) is 0 Å². The van der Waals surface area contributed by atoms with Gasteiger partial charge in [0.25, 0.3) is 5.91 Å². The van der Waals surface area contributed by atoms with Crippen molar-refractivity contribution in [1.29, 1.82) is 0 Å². The van der Waals surface area contributed by atoms with E-state index in [9.17, 15) is 4.79 Å². The Balaban J connectivity index is 1.34. The summed E-state index contributed by atoms with van der Waals surface area (Å²) < 4.78 is 3.95. The van der Waals surface area contributed by atoms with E-state index in [0.29, 0.717) is 11.4 Å². The van der Waals surface area contributed by atoms with E-state index in [-0.39, 0.29) is 5.91 Å². The molecule has 0 saturated carbocycles. The lowest BCUT2D eigenvalue weighted by atomic mass is 9.77. The first kappa shape index (κ1) is 25.2. The molecular formula is C36H27N5O. The van der Waals surface area contributed by atoms with Crippen LogP contribution in [0.5, 0.6) is 0 Å². The van der Waals surface area contributed by atoms with Crippen molar-refractivity contribution in [3.8, 4) is 11.1 Å². The van der Waals surface area contributed by atoms with Gasteiger partial charge in [0.15, 0.2) is 0 Å². The molecule has 0 atom stereocenters. The van der Waals surface area contributed by atoms with Crippen molar-refractivity contribution < 1.29 is 4.79 Å². The summed E-state index contributed by atoms with van der Waals surface area (Å²) >= 11 is 0. The molecule has 4 aromatic carbocycles. The second kappa shape index (κ2) is 10.7. The fraction of sp³-hybridized carbons (Fsp3) is 0.0278. The smallest absolute Gasteiger partial charge is 0.256 e. The molecule has 0 saturated heterocycles. The molecule has 42 heavy (non-hydrogen) atoms. The fourth-order valence-electron chi connectivity index (χ4n) is 5.61. The SMILES string of the molecule is O=C(Nc1cnc2ccc(-c3cnn(C(c4ccccc4)(c4ccccc4)c4ccccc4)c3)cn12)c1ccccc1. The molecule has 7 rings (SSSR count). The van der Waals surface area contributed by atoms with Crippen LogP contribution in [0.1, 0.15) is 27.0 Å². The molecule has 0 fully saturated rings. The Kier molecular flexibility index (Phi) is 6.41. The Morgan fingerprint density at radius 3 is 1.71 bits per heavy atom. The maximum absolute atomic E-state index is 12.9. The van der Waals surface area contributed by atoms with Gasteiger partial charge in [-0.1, -0.05) is 109 Å². The number of anilines is 1. The standard InChI is InChI=1S/C36H27N5O/c42-35(27-13-5-1-6-14-27)39-34-24-37-33-22-21-28(25-40(33)34)29-23-38-41(26-29)36(30-15-7-2-8-16-30,31-17-9-3-10-18-31)32-19-11-4-12-20-32/h1-26H,(H,39,42). The van der Waals surface area contributed by atoms with Crippen LogP contribution in [0, 0.1) is 0 Å². The highest BCUT2D eigenvalue weighted by Crippen LogP contribution is 2.41. The summed E-state index contributed by atoms with van der Waals surface area (Å²) in [5, 5.41) is 7.99. The first-order valence-electron chi connectivity index (χ1n) is 13.8. The van der Waals surface area contributed by atoms with Crippen LogP contribution in [0.15, 0.2) is 158 Å². The topological polar surface area (TPSA) is 64.2 Å².